The summed E-state index contributed by atoms with van der Waals surface area (Å²) in [5.41, 5.74) is 0. The van der Waals surface area contributed by atoms with Crippen molar-refractivity contribution in [2.24, 2.45) is 0 Å². The van der Waals surface area contributed by atoms with Crippen molar-refractivity contribution in [3.8, 4) is 0 Å². The lowest BCUT2D eigenvalue weighted by Crippen LogP contribution is -2.47. The first kappa shape index (κ1) is 14.7. The van der Waals surface area contributed by atoms with Gasteiger partial charge in [0, 0.05) is 13.0 Å². The summed E-state index contributed by atoms with van der Waals surface area (Å²) >= 11 is 0. The molecule has 18 heavy (non-hydrogen) atoms. The van der Waals surface area contributed by atoms with Crippen LogP contribution in [0.15, 0.2) is 0 Å². The van der Waals surface area contributed by atoms with Gasteiger partial charge in [0.25, 0.3) is 0 Å². The van der Waals surface area contributed by atoms with E-state index in [4.69, 9.17) is 4.74 Å². The Balaban J connectivity index is 2.83. The Hall–Kier alpha value is -1.31. The van der Waals surface area contributed by atoms with E-state index in [0.717, 1.165) is 0 Å². The third kappa shape index (κ3) is 3.34. The standard InChI is InChI=1S/C10H14F3NO4/c1-5(2)18-8(16)7-3-6(15)4-14(7)9(17)10(11,12)13/h5-7,15H,3-4H2,1-2H3. The predicted octanol–water partition coefficient (Wildman–Crippen LogP) is 0.462. The molecule has 1 amide bonds. The molecular weight excluding hydrogens is 255 g/mol. The number of aliphatic hydroxyl groups is 1. The fourth-order valence-electron chi connectivity index (χ4n) is 1.74. The molecule has 1 rings (SSSR count). The summed E-state index contributed by atoms with van der Waals surface area (Å²) in [6.45, 7) is 2.56. The number of hydrogen-bond acceptors (Lipinski definition) is 4. The van der Waals surface area contributed by atoms with Crippen LogP contribution in [0.3, 0.4) is 0 Å². The molecule has 0 saturated carbocycles. The molecule has 8 heteroatoms. The second-order valence-corrected chi connectivity index (χ2v) is 4.35. The lowest BCUT2D eigenvalue weighted by molar-refractivity contribution is -0.189. The summed E-state index contributed by atoms with van der Waals surface area (Å²) in [6, 6.07) is -1.38. The molecule has 0 spiro atoms. The minimum Gasteiger partial charge on any atom is -0.461 e. The Morgan fingerprint density at radius 2 is 1.94 bits per heavy atom. The van der Waals surface area contributed by atoms with Gasteiger partial charge in [-0.3, -0.25) is 4.79 Å². The van der Waals surface area contributed by atoms with E-state index >= 15 is 0 Å². The van der Waals surface area contributed by atoms with Gasteiger partial charge in [-0.15, -0.1) is 0 Å². The molecule has 1 saturated heterocycles. The molecular formula is C10H14F3NO4. The van der Waals surface area contributed by atoms with Crippen molar-refractivity contribution in [2.45, 2.75) is 44.7 Å². The zero-order valence-corrected chi connectivity index (χ0v) is 9.90. The number of carbonyl (C=O) groups excluding carboxylic acids is 2. The van der Waals surface area contributed by atoms with Crippen LogP contribution in [0, 0.1) is 0 Å². The van der Waals surface area contributed by atoms with E-state index in [1.807, 2.05) is 0 Å². The number of β-amino-alcohol motifs (C(OH)–C–C–N with tert-alkyl or cyclic N) is 1. The van der Waals surface area contributed by atoms with Crippen LogP contribution in [0.2, 0.25) is 0 Å². The molecule has 2 atom stereocenters. The highest BCUT2D eigenvalue weighted by atomic mass is 19.4. The number of ether oxygens (including phenoxy) is 1. The van der Waals surface area contributed by atoms with Gasteiger partial charge in [-0.2, -0.15) is 13.2 Å². The molecule has 1 N–H and O–H groups in total. The molecule has 1 fully saturated rings. The Morgan fingerprint density at radius 3 is 2.39 bits per heavy atom. The van der Waals surface area contributed by atoms with E-state index in [2.05, 4.69) is 0 Å². The van der Waals surface area contributed by atoms with Gasteiger partial charge in [0.2, 0.25) is 0 Å². The zero-order valence-electron chi connectivity index (χ0n) is 9.90. The third-order valence-corrected chi connectivity index (χ3v) is 2.41. The number of nitrogens with zero attached hydrogens (tertiary/aromatic N) is 1. The number of esters is 1. The monoisotopic (exact) mass is 269 g/mol. The molecule has 0 aromatic heterocycles. The van der Waals surface area contributed by atoms with Crippen LogP contribution < -0.4 is 0 Å². The van der Waals surface area contributed by atoms with Crippen LogP contribution in [-0.2, 0) is 14.3 Å². The number of hydrogen-bond donors (Lipinski definition) is 1. The summed E-state index contributed by atoms with van der Waals surface area (Å²) in [4.78, 5) is 23.0. The Labute approximate surface area is 102 Å². The van der Waals surface area contributed by atoms with Crippen molar-refractivity contribution in [3.05, 3.63) is 0 Å². The summed E-state index contributed by atoms with van der Waals surface area (Å²) < 4.78 is 41.7. The highest BCUT2D eigenvalue weighted by Gasteiger charge is 2.50. The topological polar surface area (TPSA) is 66.8 Å². The molecule has 0 bridgehead atoms. The number of amides is 1. The van der Waals surface area contributed by atoms with Gasteiger partial charge in [0.05, 0.1) is 12.2 Å². The molecule has 104 valence electrons. The Kier molecular flexibility index (Phi) is 4.20. The van der Waals surface area contributed by atoms with Crippen molar-refractivity contribution in [2.75, 3.05) is 6.54 Å². The third-order valence-electron chi connectivity index (χ3n) is 2.41. The first-order valence-electron chi connectivity index (χ1n) is 5.39. The minimum atomic E-state index is -5.07. The van der Waals surface area contributed by atoms with Crippen molar-refractivity contribution in [3.63, 3.8) is 0 Å². The summed E-state index contributed by atoms with van der Waals surface area (Å²) in [6.07, 6.45) is -6.97. The quantitative estimate of drug-likeness (QED) is 0.740. The summed E-state index contributed by atoms with van der Waals surface area (Å²) in [5, 5.41) is 9.30. The molecule has 0 aliphatic carbocycles. The number of aliphatic hydroxyl groups excluding tert-OH is 1. The van der Waals surface area contributed by atoms with Crippen molar-refractivity contribution < 1.29 is 32.6 Å². The number of halogens is 3. The average molecular weight is 269 g/mol. The second kappa shape index (κ2) is 5.13. The lowest BCUT2D eigenvalue weighted by Gasteiger charge is -2.24. The van der Waals surface area contributed by atoms with Crippen molar-refractivity contribution in [1.82, 2.24) is 4.90 Å². The van der Waals surface area contributed by atoms with Crippen molar-refractivity contribution in [1.29, 1.82) is 0 Å². The van der Waals surface area contributed by atoms with Crippen LogP contribution in [0.4, 0.5) is 13.2 Å². The fraction of sp³-hybridized carbons (Fsp3) is 0.800. The molecule has 1 aliphatic heterocycles. The van der Waals surface area contributed by atoms with Gasteiger partial charge in [0.1, 0.15) is 6.04 Å². The molecule has 1 heterocycles. The van der Waals surface area contributed by atoms with E-state index in [-0.39, 0.29) is 6.42 Å². The second-order valence-electron chi connectivity index (χ2n) is 4.35. The van der Waals surface area contributed by atoms with Crippen LogP contribution in [0.5, 0.6) is 0 Å². The molecule has 1 aliphatic rings. The maximum atomic E-state index is 12.3. The maximum Gasteiger partial charge on any atom is 0.471 e. The number of rotatable bonds is 2. The Bertz CT molecular complexity index is 343. The predicted molar refractivity (Wildman–Crippen MR) is 53.4 cm³/mol. The lowest BCUT2D eigenvalue weighted by atomic mass is 10.2. The van der Waals surface area contributed by atoms with Crippen molar-refractivity contribution >= 4 is 11.9 Å². The van der Waals surface area contributed by atoms with Crippen LogP contribution >= 0.6 is 0 Å². The molecule has 0 aromatic carbocycles. The molecule has 0 aromatic rings. The van der Waals surface area contributed by atoms with E-state index in [1.165, 1.54) is 0 Å². The number of carbonyl (C=O) groups is 2. The molecule has 0 radical (unpaired) electrons. The van der Waals surface area contributed by atoms with Gasteiger partial charge < -0.3 is 14.7 Å². The summed E-state index contributed by atoms with van der Waals surface area (Å²) in [7, 11) is 0. The van der Waals surface area contributed by atoms with E-state index in [0.29, 0.717) is 4.90 Å². The first-order chi connectivity index (χ1) is 8.12. The van der Waals surface area contributed by atoms with Crippen LogP contribution in [-0.4, -0.2) is 52.9 Å². The normalized spacial score (nSPS) is 24.5. The van der Waals surface area contributed by atoms with Crippen LogP contribution in [0.1, 0.15) is 20.3 Å². The fourth-order valence-corrected chi connectivity index (χ4v) is 1.74. The van der Waals surface area contributed by atoms with Crippen LogP contribution in [0.25, 0.3) is 0 Å². The molecule has 2 unspecified atom stereocenters. The van der Waals surface area contributed by atoms with Gasteiger partial charge in [-0.25, -0.2) is 4.79 Å². The maximum absolute atomic E-state index is 12.3. The average Bonchev–Trinajstić information content (AvgIpc) is 2.56. The van der Waals surface area contributed by atoms with Gasteiger partial charge in [-0.1, -0.05) is 0 Å². The Morgan fingerprint density at radius 1 is 1.39 bits per heavy atom. The van der Waals surface area contributed by atoms with E-state index in [1.54, 1.807) is 13.8 Å². The summed E-state index contributed by atoms with van der Waals surface area (Å²) in [5.74, 6) is -3.07. The van der Waals surface area contributed by atoms with E-state index in [9.17, 15) is 27.9 Å². The highest BCUT2D eigenvalue weighted by Crippen LogP contribution is 2.26. The molecule has 5 nitrogen and oxygen atoms in total. The minimum absolute atomic E-state index is 0.243. The van der Waals surface area contributed by atoms with E-state index < -0.39 is 42.8 Å². The van der Waals surface area contributed by atoms with Gasteiger partial charge >= 0.3 is 18.1 Å². The van der Waals surface area contributed by atoms with Gasteiger partial charge in [0.15, 0.2) is 0 Å². The zero-order chi connectivity index (χ0) is 14.1. The largest absolute Gasteiger partial charge is 0.471 e. The number of likely N-dealkylation sites (tertiary alicyclic amines) is 1. The first-order valence-corrected chi connectivity index (χ1v) is 5.39. The highest BCUT2D eigenvalue weighted by molar-refractivity contribution is 5.88. The smallest absolute Gasteiger partial charge is 0.461 e. The van der Waals surface area contributed by atoms with Gasteiger partial charge in [-0.05, 0) is 13.8 Å². The number of alkyl halides is 3. The SMILES string of the molecule is CC(C)OC(=O)C1CC(O)CN1C(=O)C(F)(F)F.